The summed E-state index contributed by atoms with van der Waals surface area (Å²) in [4.78, 5) is 28.6. The Morgan fingerprint density at radius 3 is 2.07 bits per heavy atom. The Bertz CT molecular complexity index is 951. The van der Waals surface area contributed by atoms with Crippen molar-refractivity contribution in [2.24, 2.45) is 0 Å². The average molecular weight is 416 g/mol. The molecule has 1 heterocycles. The van der Waals surface area contributed by atoms with Crippen LogP contribution in [0.15, 0.2) is 54.6 Å². The van der Waals surface area contributed by atoms with Gasteiger partial charge in [-0.15, -0.1) is 0 Å². The monoisotopic (exact) mass is 415 g/mol. The third kappa shape index (κ3) is 6.05. The highest BCUT2D eigenvalue weighted by molar-refractivity contribution is 7.92. The van der Waals surface area contributed by atoms with E-state index in [1.165, 1.54) is 0 Å². The second-order valence-electron chi connectivity index (χ2n) is 7.11. The van der Waals surface area contributed by atoms with Crippen LogP contribution in [0.25, 0.3) is 0 Å². The molecule has 1 saturated heterocycles. The van der Waals surface area contributed by atoms with Crippen LogP contribution in [-0.4, -0.2) is 62.5 Å². The number of amides is 2. The summed E-state index contributed by atoms with van der Waals surface area (Å²) in [5.74, 6) is -0.00977. The van der Waals surface area contributed by atoms with E-state index in [0.29, 0.717) is 50.3 Å². The fraction of sp³-hybridized carbons (Fsp3) is 0.333. The largest absolute Gasteiger partial charge is 0.339 e. The minimum atomic E-state index is -3.35. The molecule has 1 aliphatic heterocycles. The van der Waals surface area contributed by atoms with Crippen molar-refractivity contribution in [1.29, 1.82) is 0 Å². The molecule has 1 aliphatic rings. The van der Waals surface area contributed by atoms with Gasteiger partial charge in [0.05, 0.1) is 6.26 Å². The predicted octanol–water partition coefficient (Wildman–Crippen LogP) is 1.98. The molecule has 7 nitrogen and oxygen atoms in total. The maximum atomic E-state index is 12.7. The molecule has 0 saturated carbocycles. The number of nitrogens with one attached hydrogen (secondary N) is 1. The number of anilines is 1. The Morgan fingerprint density at radius 2 is 1.48 bits per heavy atom. The lowest BCUT2D eigenvalue weighted by atomic mass is 10.1. The van der Waals surface area contributed by atoms with Gasteiger partial charge in [-0.25, -0.2) is 8.42 Å². The van der Waals surface area contributed by atoms with Crippen molar-refractivity contribution in [2.75, 3.05) is 37.2 Å². The van der Waals surface area contributed by atoms with Gasteiger partial charge in [0, 0.05) is 43.9 Å². The van der Waals surface area contributed by atoms with Crippen molar-refractivity contribution in [3.8, 4) is 0 Å². The van der Waals surface area contributed by atoms with E-state index in [2.05, 4.69) is 4.72 Å². The molecule has 1 N–H and O–H groups in total. The fourth-order valence-electron chi connectivity index (χ4n) is 3.29. The number of nitrogens with zero attached hydrogens (tertiary/aromatic N) is 2. The Hall–Kier alpha value is -2.87. The maximum absolute atomic E-state index is 12.7. The minimum Gasteiger partial charge on any atom is -0.339 e. The van der Waals surface area contributed by atoms with E-state index in [-0.39, 0.29) is 11.8 Å². The molecule has 154 valence electrons. The van der Waals surface area contributed by atoms with Crippen LogP contribution in [0.2, 0.25) is 0 Å². The van der Waals surface area contributed by atoms with E-state index in [4.69, 9.17) is 0 Å². The molecule has 0 unspecified atom stereocenters. The van der Waals surface area contributed by atoms with Crippen LogP contribution < -0.4 is 4.72 Å². The third-order valence-electron chi connectivity index (χ3n) is 4.83. The van der Waals surface area contributed by atoms with Gasteiger partial charge in [-0.3, -0.25) is 14.3 Å². The molecule has 2 aromatic rings. The Kier molecular flexibility index (Phi) is 6.53. The highest BCUT2D eigenvalue weighted by Crippen LogP contribution is 2.15. The number of aryl methyl sites for hydroxylation is 1. The first-order valence-corrected chi connectivity index (χ1v) is 11.4. The predicted molar refractivity (Wildman–Crippen MR) is 112 cm³/mol. The second-order valence-corrected chi connectivity index (χ2v) is 8.86. The fourth-order valence-corrected chi connectivity index (χ4v) is 3.85. The van der Waals surface area contributed by atoms with Gasteiger partial charge >= 0.3 is 0 Å². The summed E-state index contributed by atoms with van der Waals surface area (Å²) in [6.45, 7) is 2.01. The zero-order valence-corrected chi connectivity index (χ0v) is 17.2. The van der Waals surface area contributed by atoms with Crippen molar-refractivity contribution in [3.05, 3.63) is 65.7 Å². The van der Waals surface area contributed by atoms with Crippen molar-refractivity contribution >= 4 is 27.5 Å². The van der Waals surface area contributed by atoms with Crippen LogP contribution in [0.4, 0.5) is 5.69 Å². The van der Waals surface area contributed by atoms with Crippen LogP contribution >= 0.6 is 0 Å². The van der Waals surface area contributed by atoms with Gasteiger partial charge < -0.3 is 9.80 Å². The van der Waals surface area contributed by atoms with Crippen molar-refractivity contribution in [2.45, 2.75) is 12.8 Å². The lowest BCUT2D eigenvalue weighted by Gasteiger charge is -2.35. The summed E-state index contributed by atoms with van der Waals surface area (Å²) in [6.07, 6.45) is 2.26. The standard InChI is InChI=1S/C21H25N3O4S/c1-29(27,28)22-19-10-8-18(9-11-19)21(26)24-15-13-23(14-16-24)20(25)12-7-17-5-3-2-4-6-17/h2-6,8-11,22H,7,12-16H2,1H3. The summed E-state index contributed by atoms with van der Waals surface area (Å²) in [5, 5.41) is 0. The molecule has 3 rings (SSSR count). The quantitative estimate of drug-likeness (QED) is 0.782. The lowest BCUT2D eigenvalue weighted by Crippen LogP contribution is -2.50. The van der Waals surface area contributed by atoms with Gasteiger partial charge in [0.1, 0.15) is 0 Å². The minimum absolute atomic E-state index is 0.108. The van der Waals surface area contributed by atoms with E-state index in [1.54, 1.807) is 29.2 Å². The molecule has 8 heteroatoms. The lowest BCUT2D eigenvalue weighted by molar-refractivity contribution is -0.132. The topological polar surface area (TPSA) is 86.8 Å². The second kappa shape index (κ2) is 9.09. The first-order chi connectivity index (χ1) is 13.8. The van der Waals surface area contributed by atoms with E-state index in [9.17, 15) is 18.0 Å². The number of hydrogen-bond donors (Lipinski definition) is 1. The Labute approximate surface area is 171 Å². The summed E-state index contributed by atoms with van der Waals surface area (Å²) < 4.78 is 24.9. The van der Waals surface area contributed by atoms with Gasteiger partial charge in [0.25, 0.3) is 5.91 Å². The smallest absolute Gasteiger partial charge is 0.253 e. The van der Waals surface area contributed by atoms with Crippen molar-refractivity contribution in [3.63, 3.8) is 0 Å². The Morgan fingerprint density at radius 1 is 0.897 bits per heavy atom. The van der Waals surface area contributed by atoms with Gasteiger partial charge in [-0.2, -0.15) is 0 Å². The number of piperazine rings is 1. The molecule has 0 atom stereocenters. The number of carbonyl (C=O) groups excluding carboxylic acids is 2. The van der Waals surface area contributed by atoms with Gasteiger partial charge in [0.15, 0.2) is 0 Å². The average Bonchev–Trinajstić information content (AvgIpc) is 2.72. The molecule has 0 aromatic heterocycles. The third-order valence-corrected chi connectivity index (χ3v) is 5.43. The van der Waals surface area contributed by atoms with E-state index in [0.717, 1.165) is 11.8 Å². The molecular formula is C21H25N3O4S. The molecule has 0 spiro atoms. The molecule has 2 amide bonds. The highest BCUT2D eigenvalue weighted by Gasteiger charge is 2.24. The summed E-state index contributed by atoms with van der Waals surface area (Å²) in [7, 11) is -3.35. The molecule has 1 fully saturated rings. The summed E-state index contributed by atoms with van der Waals surface area (Å²) in [6, 6.07) is 16.3. The molecular weight excluding hydrogens is 390 g/mol. The molecule has 0 bridgehead atoms. The van der Waals surface area contributed by atoms with Crippen LogP contribution in [0.1, 0.15) is 22.3 Å². The SMILES string of the molecule is CS(=O)(=O)Nc1ccc(C(=O)N2CCN(C(=O)CCc3ccccc3)CC2)cc1. The number of benzene rings is 2. The highest BCUT2D eigenvalue weighted by atomic mass is 32.2. The molecule has 29 heavy (non-hydrogen) atoms. The zero-order chi connectivity index (χ0) is 20.9. The Balaban J connectivity index is 1.49. The summed E-state index contributed by atoms with van der Waals surface area (Å²) >= 11 is 0. The van der Waals surface area contributed by atoms with Crippen LogP contribution in [0.3, 0.4) is 0 Å². The number of hydrogen-bond acceptors (Lipinski definition) is 4. The molecule has 0 aliphatic carbocycles. The van der Waals surface area contributed by atoms with Crippen molar-refractivity contribution in [1.82, 2.24) is 9.80 Å². The first-order valence-electron chi connectivity index (χ1n) is 9.51. The number of sulfonamides is 1. The van der Waals surface area contributed by atoms with Crippen LogP contribution in [0.5, 0.6) is 0 Å². The van der Waals surface area contributed by atoms with Crippen LogP contribution in [-0.2, 0) is 21.2 Å². The van der Waals surface area contributed by atoms with Crippen molar-refractivity contribution < 1.29 is 18.0 Å². The summed E-state index contributed by atoms with van der Waals surface area (Å²) in [5.41, 5.74) is 2.05. The van der Waals surface area contributed by atoms with E-state index in [1.807, 2.05) is 35.2 Å². The van der Waals surface area contributed by atoms with Gasteiger partial charge in [0.2, 0.25) is 15.9 Å². The molecule has 0 radical (unpaired) electrons. The van der Waals surface area contributed by atoms with Crippen LogP contribution in [0, 0.1) is 0 Å². The number of rotatable bonds is 6. The van der Waals surface area contributed by atoms with Gasteiger partial charge in [-0.05, 0) is 36.2 Å². The maximum Gasteiger partial charge on any atom is 0.253 e. The first kappa shape index (κ1) is 20.9. The molecule has 2 aromatic carbocycles. The van der Waals surface area contributed by atoms with Gasteiger partial charge in [-0.1, -0.05) is 30.3 Å². The van der Waals surface area contributed by atoms with E-state index >= 15 is 0 Å². The van der Waals surface area contributed by atoms with E-state index < -0.39 is 10.0 Å². The zero-order valence-electron chi connectivity index (χ0n) is 16.4. The normalized spacial score (nSPS) is 14.5. The number of carbonyl (C=O) groups is 2.